The van der Waals surface area contributed by atoms with Gasteiger partial charge in [0.2, 0.25) is 0 Å². The summed E-state index contributed by atoms with van der Waals surface area (Å²) in [5.74, 6) is 0. The van der Waals surface area contributed by atoms with Crippen LogP contribution in [0.15, 0.2) is 18.3 Å². The molecular formula is C9H11F3N2OS. The fourth-order valence-corrected chi connectivity index (χ4v) is 1.50. The largest absolute Gasteiger partial charge is 0.433 e. The first kappa shape index (κ1) is 13.0. The van der Waals surface area contributed by atoms with Crippen molar-refractivity contribution in [3.8, 4) is 0 Å². The minimum atomic E-state index is -4.44. The Balaban J connectivity index is 2.85. The number of hydrogen-bond donors (Lipinski definition) is 1. The SMILES string of the molecule is CS(N)(=O)=CCc1ccc(C(F)(F)F)nc1. The zero-order chi connectivity index (χ0) is 12.4. The van der Waals surface area contributed by atoms with E-state index in [1.807, 2.05) is 0 Å². The standard InChI is InChI=1S/C9H11F3N2OS/c1-16(13,15)5-4-7-2-3-8(14-6-7)9(10,11)12/h2-3,5-6H,4H2,1H3,(H2,13,15). The lowest BCUT2D eigenvalue weighted by atomic mass is 10.2. The maximum absolute atomic E-state index is 12.2. The molecule has 0 aliphatic heterocycles. The van der Waals surface area contributed by atoms with E-state index in [0.29, 0.717) is 5.56 Å². The Morgan fingerprint density at radius 1 is 1.50 bits per heavy atom. The molecule has 1 aromatic rings. The predicted molar refractivity (Wildman–Crippen MR) is 57.3 cm³/mol. The minimum absolute atomic E-state index is 0.233. The second kappa shape index (κ2) is 4.42. The van der Waals surface area contributed by atoms with Crippen molar-refractivity contribution in [1.29, 1.82) is 0 Å². The quantitative estimate of drug-likeness (QED) is 0.805. The van der Waals surface area contributed by atoms with E-state index in [-0.39, 0.29) is 6.42 Å². The van der Waals surface area contributed by atoms with E-state index in [4.69, 9.17) is 5.14 Å². The molecule has 1 atom stereocenters. The molecule has 0 saturated carbocycles. The van der Waals surface area contributed by atoms with Crippen LogP contribution in [0.1, 0.15) is 11.3 Å². The Bertz CT molecular complexity index is 465. The number of hydrogen-bond acceptors (Lipinski definition) is 2. The smallest absolute Gasteiger partial charge is 0.260 e. The first-order valence-corrected chi connectivity index (χ1v) is 6.40. The highest BCUT2D eigenvalue weighted by Gasteiger charge is 2.31. The summed E-state index contributed by atoms with van der Waals surface area (Å²) in [4.78, 5) is 3.27. The molecule has 1 aromatic heterocycles. The van der Waals surface area contributed by atoms with Crippen molar-refractivity contribution in [2.24, 2.45) is 5.14 Å². The molecule has 1 rings (SSSR count). The zero-order valence-corrected chi connectivity index (χ0v) is 9.31. The van der Waals surface area contributed by atoms with Crippen molar-refractivity contribution in [3.05, 3.63) is 29.6 Å². The van der Waals surface area contributed by atoms with E-state index >= 15 is 0 Å². The van der Waals surface area contributed by atoms with Gasteiger partial charge in [-0.2, -0.15) is 13.2 Å². The molecule has 7 heteroatoms. The van der Waals surface area contributed by atoms with Crippen LogP contribution < -0.4 is 5.14 Å². The molecule has 0 saturated heterocycles. The Labute approximate surface area is 91.6 Å². The predicted octanol–water partition coefficient (Wildman–Crippen LogP) is 1.23. The number of nitrogens with zero attached hydrogens (tertiary/aromatic N) is 1. The summed E-state index contributed by atoms with van der Waals surface area (Å²) < 4.78 is 47.6. The summed E-state index contributed by atoms with van der Waals surface area (Å²) >= 11 is 0. The van der Waals surface area contributed by atoms with Gasteiger partial charge in [-0.1, -0.05) is 6.07 Å². The summed E-state index contributed by atoms with van der Waals surface area (Å²) in [5, 5.41) is 6.61. The van der Waals surface area contributed by atoms with Gasteiger partial charge in [-0.3, -0.25) is 14.3 Å². The highest BCUT2D eigenvalue weighted by molar-refractivity contribution is 7.98. The number of rotatable bonds is 2. The summed E-state index contributed by atoms with van der Waals surface area (Å²) in [6, 6.07) is 2.18. The summed E-state index contributed by atoms with van der Waals surface area (Å²) in [5.41, 5.74) is -0.408. The van der Waals surface area contributed by atoms with Gasteiger partial charge < -0.3 is 0 Å². The molecule has 0 fully saturated rings. The maximum atomic E-state index is 12.2. The molecule has 2 N–H and O–H groups in total. The van der Waals surface area contributed by atoms with Crippen molar-refractivity contribution >= 4 is 15.1 Å². The number of halogens is 3. The zero-order valence-electron chi connectivity index (χ0n) is 8.49. The van der Waals surface area contributed by atoms with Gasteiger partial charge in [-0.05, 0) is 17.0 Å². The van der Waals surface area contributed by atoms with Gasteiger partial charge >= 0.3 is 6.18 Å². The van der Waals surface area contributed by atoms with Crippen LogP contribution in [-0.4, -0.2) is 20.8 Å². The van der Waals surface area contributed by atoms with Crippen molar-refractivity contribution in [2.45, 2.75) is 12.6 Å². The average molecular weight is 252 g/mol. The second-order valence-electron chi connectivity index (χ2n) is 3.39. The molecule has 16 heavy (non-hydrogen) atoms. The van der Waals surface area contributed by atoms with Gasteiger partial charge in [-0.15, -0.1) is 0 Å². The van der Waals surface area contributed by atoms with E-state index in [9.17, 15) is 17.4 Å². The van der Waals surface area contributed by atoms with Crippen molar-refractivity contribution in [2.75, 3.05) is 6.26 Å². The highest BCUT2D eigenvalue weighted by atomic mass is 32.2. The third-order valence-corrected chi connectivity index (χ3v) is 2.59. The molecule has 0 aliphatic carbocycles. The Morgan fingerprint density at radius 2 is 2.12 bits per heavy atom. The Morgan fingerprint density at radius 3 is 2.50 bits per heavy atom. The molecule has 0 aliphatic rings. The van der Waals surface area contributed by atoms with Crippen LogP contribution >= 0.6 is 0 Å². The van der Waals surface area contributed by atoms with Crippen LogP contribution in [0.25, 0.3) is 0 Å². The monoisotopic (exact) mass is 252 g/mol. The molecule has 0 bridgehead atoms. The molecule has 3 nitrogen and oxygen atoms in total. The molecule has 1 unspecified atom stereocenters. The molecule has 0 amide bonds. The normalized spacial score (nSPS) is 15.6. The van der Waals surface area contributed by atoms with E-state index in [1.165, 1.54) is 17.7 Å². The second-order valence-corrected chi connectivity index (χ2v) is 5.65. The van der Waals surface area contributed by atoms with E-state index in [2.05, 4.69) is 4.98 Å². The Hall–Kier alpha value is -1.08. The first-order valence-electron chi connectivity index (χ1n) is 4.31. The lowest BCUT2D eigenvalue weighted by Gasteiger charge is -2.05. The topological polar surface area (TPSA) is 56.0 Å². The lowest BCUT2D eigenvalue weighted by molar-refractivity contribution is -0.141. The first-order chi connectivity index (χ1) is 7.18. The minimum Gasteiger partial charge on any atom is -0.260 e. The summed E-state index contributed by atoms with van der Waals surface area (Å²) in [6.45, 7) is 0. The van der Waals surface area contributed by atoms with E-state index in [1.54, 1.807) is 0 Å². The molecule has 0 radical (unpaired) electrons. The third-order valence-electron chi connectivity index (χ3n) is 1.77. The van der Waals surface area contributed by atoms with Crippen molar-refractivity contribution in [1.82, 2.24) is 4.98 Å². The number of aromatic nitrogens is 1. The summed E-state index contributed by atoms with van der Waals surface area (Å²) in [6.07, 6.45) is -1.75. The van der Waals surface area contributed by atoms with Gasteiger partial charge in [0.25, 0.3) is 0 Å². The van der Waals surface area contributed by atoms with Gasteiger partial charge in [0, 0.05) is 28.6 Å². The van der Waals surface area contributed by atoms with Crippen LogP contribution in [0.4, 0.5) is 13.2 Å². The van der Waals surface area contributed by atoms with Crippen molar-refractivity contribution < 1.29 is 17.4 Å². The van der Waals surface area contributed by atoms with Gasteiger partial charge in [0.1, 0.15) is 5.69 Å². The molecule has 1 heterocycles. The molecule has 0 aromatic carbocycles. The number of pyridine rings is 1. The fourth-order valence-electron chi connectivity index (χ4n) is 0.975. The maximum Gasteiger partial charge on any atom is 0.433 e. The van der Waals surface area contributed by atoms with Crippen molar-refractivity contribution in [3.63, 3.8) is 0 Å². The highest BCUT2D eigenvalue weighted by Crippen LogP contribution is 2.27. The lowest BCUT2D eigenvalue weighted by Crippen LogP contribution is -2.14. The third kappa shape index (κ3) is 4.19. The number of alkyl halides is 3. The molecule has 90 valence electrons. The van der Waals surface area contributed by atoms with Crippen LogP contribution in [0.5, 0.6) is 0 Å². The van der Waals surface area contributed by atoms with Crippen LogP contribution in [-0.2, 0) is 22.3 Å². The van der Waals surface area contributed by atoms with Crippen LogP contribution in [0.3, 0.4) is 0 Å². The van der Waals surface area contributed by atoms with E-state index in [0.717, 1.165) is 12.3 Å². The van der Waals surface area contributed by atoms with Crippen LogP contribution in [0, 0.1) is 0 Å². The summed E-state index contributed by atoms with van der Waals surface area (Å²) in [7, 11) is -2.49. The van der Waals surface area contributed by atoms with E-state index < -0.39 is 21.6 Å². The number of nitrogens with two attached hydrogens (primary N) is 1. The van der Waals surface area contributed by atoms with Gasteiger partial charge in [-0.25, -0.2) is 0 Å². The van der Waals surface area contributed by atoms with Gasteiger partial charge in [0.15, 0.2) is 0 Å². The van der Waals surface area contributed by atoms with Crippen LogP contribution in [0.2, 0.25) is 0 Å². The van der Waals surface area contributed by atoms with Gasteiger partial charge in [0.05, 0.1) is 0 Å². The fraction of sp³-hybridized carbons (Fsp3) is 0.333. The average Bonchev–Trinajstić information content (AvgIpc) is 2.13. The Kier molecular flexibility index (Phi) is 3.59. The molecule has 0 spiro atoms. The molecular weight excluding hydrogens is 241 g/mol.